The average Bonchev–Trinajstić information content (AvgIpc) is 3.16. The number of halogens is 1. The van der Waals surface area contributed by atoms with Crippen molar-refractivity contribution in [3.05, 3.63) is 69.2 Å². The molecular formula is C27H34ClNO6. The molecule has 1 amide bonds. The molecular weight excluding hydrogens is 470 g/mol. The molecule has 2 aromatic carbocycles. The molecule has 190 valence electrons. The molecule has 2 aromatic rings. The molecule has 8 heteroatoms. The fraction of sp³-hybridized carbons (Fsp3) is 0.519. The van der Waals surface area contributed by atoms with Crippen molar-refractivity contribution in [3.8, 4) is 0 Å². The van der Waals surface area contributed by atoms with Crippen molar-refractivity contribution in [3.63, 3.8) is 0 Å². The van der Waals surface area contributed by atoms with E-state index in [1.54, 1.807) is 26.8 Å². The Morgan fingerprint density at radius 1 is 1.11 bits per heavy atom. The topological polar surface area (TPSA) is 108 Å². The molecule has 4 N–H and O–H groups in total. The van der Waals surface area contributed by atoms with Crippen LogP contribution in [-0.2, 0) is 39.5 Å². The largest absolute Gasteiger partial charge is 0.388 e. The molecule has 0 radical (unpaired) electrons. The Kier molecular flexibility index (Phi) is 7.31. The van der Waals surface area contributed by atoms with Crippen LogP contribution in [0.4, 0.5) is 0 Å². The van der Waals surface area contributed by atoms with Crippen molar-refractivity contribution < 1.29 is 29.6 Å². The highest BCUT2D eigenvalue weighted by Gasteiger charge is 2.58. The van der Waals surface area contributed by atoms with Gasteiger partial charge in [-0.1, -0.05) is 63.6 Å². The highest BCUT2D eigenvalue weighted by atomic mass is 35.5. The summed E-state index contributed by atoms with van der Waals surface area (Å²) < 4.78 is 12.1. The number of aryl methyl sites for hydroxylation is 1. The number of carbonyl (C=O) groups excluding carboxylic acids is 1. The first-order valence-electron chi connectivity index (χ1n) is 12.0. The van der Waals surface area contributed by atoms with Gasteiger partial charge in [-0.25, -0.2) is 0 Å². The number of amides is 1. The maximum Gasteiger partial charge on any atom is 0.225 e. The quantitative estimate of drug-likeness (QED) is 0.499. The minimum absolute atomic E-state index is 0.0499. The predicted octanol–water partition coefficient (Wildman–Crippen LogP) is 2.82. The van der Waals surface area contributed by atoms with Crippen LogP contribution in [0.1, 0.15) is 55.5 Å². The summed E-state index contributed by atoms with van der Waals surface area (Å²) in [5.74, 6) is -1.91. The third-order valence-corrected chi connectivity index (χ3v) is 7.18. The molecule has 2 heterocycles. The smallest absolute Gasteiger partial charge is 0.225 e. The van der Waals surface area contributed by atoms with Gasteiger partial charge in [0, 0.05) is 22.5 Å². The first kappa shape index (κ1) is 26.1. The van der Waals surface area contributed by atoms with E-state index in [0.717, 1.165) is 23.1 Å². The maximum atomic E-state index is 12.4. The SMILES string of the molecule is CCc1ccc(Cc2cc3c(cc2Cl)CO[C@]32O[C@H](CNC(=O)C(C)(C)C)[C@@H](O)[C@H](O)[C@H]2O)cc1. The lowest BCUT2D eigenvalue weighted by Crippen LogP contribution is -2.64. The number of hydrogen-bond donors (Lipinski definition) is 4. The number of fused-ring (bicyclic) bond motifs is 2. The fourth-order valence-electron chi connectivity index (χ4n) is 4.57. The van der Waals surface area contributed by atoms with Crippen LogP contribution in [0, 0.1) is 5.41 Å². The van der Waals surface area contributed by atoms with E-state index in [9.17, 15) is 20.1 Å². The Balaban J connectivity index is 1.63. The van der Waals surface area contributed by atoms with Gasteiger partial charge in [0.25, 0.3) is 0 Å². The lowest BCUT2D eigenvalue weighted by Gasteiger charge is -2.46. The molecule has 2 aliphatic heterocycles. The van der Waals surface area contributed by atoms with E-state index in [2.05, 4.69) is 36.5 Å². The highest BCUT2D eigenvalue weighted by Crippen LogP contribution is 2.47. The summed E-state index contributed by atoms with van der Waals surface area (Å²) in [5, 5.41) is 35.6. The number of aliphatic hydroxyl groups is 3. The van der Waals surface area contributed by atoms with Gasteiger partial charge in [-0.3, -0.25) is 4.79 Å². The summed E-state index contributed by atoms with van der Waals surface area (Å²) in [4.78, 5) is 12.4. The van der Waals surface area contributed by atoms with Crippen molar-refractivity contribution in [1.29, 1.82) is 0 Å². The Morgan fingerprint density at radius 2 is 1.77 bits per heavy atom. The van der Waals surface area contributed by atoms with E-state index in [-0.39, 0.29) is 19.1 Å². The summed E-state index contributed by atoms with van der Waals surface area (Å²) in [6, 6.07) is 11.9. The van der Waals surface area contributed by atoms with Gasteiger partial charge in [0.2, 0.25) is 11.7 Å². The molecule has 1 spiro atoms. The number of carbonyl (C=O) groups is 1. The van der Waals surface area contributed by atoms with Crippen molar-refractivity contribution in [2.45, 2.75) is 77.3 Å². The van der Waals surface area contributed by atoms with Crippen LogP contribution in [0.3, 0.4) is 0 Å². The first-order chi connectivity index (χ1) is 16.5. The highest BCUT2D eigenvalue weighted by molar-refractivity contribution is 6.31. The van der Waals surface area contributed by atoms with E-state index >= 15 is 0 Å². The summed E-state index contributed by atoms with van der Waals surface area (Å²) in [6.45, 7) is 7.51. The molecule has 4 rings (SSSR count). The zero-order valence-electron chi connectivity index (χ0n) is 20.5. The van der Waals surface area contributed by atoms with Crippen LogP contribution >= 0.6 is 11.6 Å². The van der Waals surface area contributed by atoms with Gasteiger partial charge in [0.15, 0.2) is 0 Å². The van der Waals surface area contributed by atoms with Crippen molar-refractivity contribution in [2.75, 3.05) is 6.54 Å². The zero-order chi connectivity index (χ0) is 25.5. The summed E-state index contributed by atoms with van der Waals surface area (Å²) in [7, 11) is 0. The van der Waals surface area contributed by atoms with E-state index < -0.39 is 35.6 Å². The maximum absolute atomic E-state index is 12.4. The van der Waals surface area contributed by atoms with Gasteiger partial charge < -0.3 is 30.1 Å². The molecule has 0 bridgehead atoms. The molecule has 7 nitrogen and oxygen atoms in total. The molecule has 2 aliphatic rings. The van der Waals surface area contributed by atoms with E-state index in [0.29, 0.717) is 17.0 Å². The van der Waals surface area contributed by atoms with Crippen LogP contribution in [-0.4, -0.2) is 52.2 Å². The Hall–Kier alpha value is -2.00. The molecule has 5 atom stereocenters. The van der Waals surface area contributed by atoms with Gasteiger partial charge >= 0.3 is 0 Å². The monoisotopic (exact) mass is 503 g/mol. The summed E-state index contributed by atoms with van der Waals surface area (Å²) in [5.41, 5.74) is 3.83. The molecule has 35 heavy (non-hydrogen) atoms. The standard InChI is InChI=1S/C27H34ClNO6/c1-5-15-6-8-16(9-7-15)10-17-11-19-18(12-20(17)28)14-34-27(19)24(32)23(31)22(30)21(35-27)13-29-25(33)26(2,3)4/h6-9,11-12,21-24,30-32H,5,10,13-14H2,1-4H3,(H,29,33)/t21-,22-,23+,24-,27+/m1/s1. The Bertz CT molecular complexity index is 1080. The Morgan fingerprint density at radius 3 is 2.40 bits per heavy atom. The van der Waals surface area contributed by atoms with Crippen LogP contribution < -0.4 is 5.32 Å². The van der Waals surface area contributed by atoms with Crippen LogP contribution in [0.25, 0.3) is 0 Å². The van der Waals surface area contributed by atoms with Gasteiger partial charge in [-0.05, 0) is 47.2 Å². The molecule has 0 aromatic heterocycles. The zero-order valence-corrected chi connectivity index (χ0v) is 21.3. The summed E-state index contributed by atoms with van der Waals surface area (Å²) in [6.07, 6.45) is -3.95. The number of hydrogen-bond acceptors (Lipinski definition) is 6. The molecule has 0 saturated carbocycles. The van der Waals surface area contributed by atoms with Gasteiger partial charge in [-0.15, -0.1) is 0 Å². The Labute approximate surface area is 211 Å². The molecule has 0 aliphatic carbocycles. The number of rotatable bonds is 5. The normalized spacial score (nSPS) is 28.2. The second-order valence-corrected chi connectivity index (χ2v) is 10.9. The predicted molar refractivity (Wildman–Crippen MR) is 132 cm³/mol. The lowest BCUT2D eigenvalue weighted by molar-refractivity contribution is -0.364. The fourth-order valence-corrected chi connectivity index (χ4v) is 4.83. The van der Waals surface area contributed by atoms with Crippen LogP contribution in [0.5, 0.6) is 0 Å². The molecule has 1 saturated heterocycles. The van der Waals surface area contributed by atoms with Crippen LogP contribution in [0.15, 0.2) is 36.4 Å². The third kappa shape index (κ3) is 4.99. The van der Waals surface area contributed by atoms with Gasteiger partial charge in [0.1, 0.15) is 24.4 Å². The van der Waals surface area contributed by atoms with Gasteiger partial charge in [-0.2, -0.15) is 0 Å². The second-order valence-electron chi connectivity index (χ2n) is 10.4. The number of nitrogens with one attached hydrogen (secondary N) is 1. The molecule has 0 unspecified atom stereocenters. The van der Waals surface area contributed by atoms with Crippen molar-refractivity contribution in [1.82, 2.24) is 5.32 Å². The minimum atomic E-state index is -1.68. The van der Waals surface area contributed by atoms with Gasteiger partial charge in [0.05, 0.1) is 6.61 Å². The number of aliphatic hydroxyl groups excluding tert-OH is 3. The average molecular weight is 504 g/mol. The first-order valence-corrected chi connectivity index (χ1v) is 12.4. The number of ether oxygens (including phenoxy) is 2. The number of benzene rings is 2. The van der Waals surface area contributed by atoms with E-state index in [4.69, 9.17) is 21.1 Å². The van der Waals surface area contributed by atoms with Crippen molar-refractivity contribution in [2.24, 2.45) is 5.41 Å². The van der Waals surface area contributed by atoms with Crippen molar-refractivity contribution >= 4 is 17.5 Å². The molecule has 1 fully saturated rings. The van der Waals surface area contributed by atoms with Crippen LogP contribution in [0.2, 0.25) is 5.02 Å². The van der Waals surface area contributed by atoms with E-state index in [1.807, 2.05) is 6.07 Å². The van der Waals surface area contributed by atoms with E-state index in [1.165, 1.54) is 5.56 Å². The summed E-state index contributed by atoms with van der Waals surface area (Å²) >= 11 is 6.59. The lowest BCUT2D eigenvalue weighted by atomic mass is 9.86. The minimum Gasteiger partial charge on any atom is -0.388 e. The second kappa shape index (κ2) is 9.81. The third-order valence-electron chi connectivity index (χ3n) is 6.83.